The van der Waals surface area contributed by atoms with Crippen LogP contribution >= 0.6 is 0 Å². The van der Waals surface area contributed by atoms with E-state index in [-0.39, 0.29) is 6.01 Å². The van der Waals surface area contributed by atoms with Crippen LogP contribution in [0.15, 0.2) is 30.7 Å². The van der Waals surface area contributed by atoms with Crippen LogP contribution in [0.1, 0.15) is 20.3 Å². The van der Waals surface area contributed by atoms with Crippen LogP contribution in [-0.2, 0) is 0 Å². The standard InChI is InChI=1S/C11H17N3O2/c1-3-8-14(9-4-2)11(15)16-10-12-6-5-7-13-10/h3,5-8,11,15H,4,9H2,1-2H3/b8-3-. The second-order valence-electron chi connectivity index (χ2n) is 3.20. The Morgan fingerprint density at radius 2 is 2.19 bits per heavy atom. The van der Waals surface area contributed by atoms with Gasteiger partial charge in [-0.3, -0.25) is 0 Å². The minimum Gasteiger partial charge on any atom is -0.414 e. The Bertz CT molecular complexity index is 316. The molecule has 0 aliphatic carbocycles. The maximum atomic E-state index is 9.80. The van der Waals surface area contributed by atoms with E-state index in [1.54, 1.807) is 29.6 Å². The first-order valence-electron chi connectivity index (χ1n) is 5.28. The highest BCUT2D eigenvalue weighted by Crippen LogP contribution is 2.05. The van der Waals surface area contributed by atoms with Crippen LogP contribution in [0.25, 0.3) is 0 Å². The van der Waals surface area contributed by atoms with E-state index in [1.807, 2.05) is 19.9 Å². The number of allylic oxidation sites excluding steroid dienone is 1. The third kappa shape index (κ3) is 3.86. The van der Waals surface area contributed by atoms with Gasteiger partial charge < -0.3 is 14.7 Å². The van der Waals surface area contributed by atoms with E-state index in [4.69, 9.17) is 4.74 Å². The lowest BCUT2D eigenvalue weighted by atomic mass is 10.4. The molecule has 0 spiro atoms. The van der Waals surface area contributed by atoms with Gasteiger partial charge in [-0.25, -0.2) is 9.97 Å². The number of aliphatic hydroxyl groups excluding tert-OH is 1. The molecule has 1 atom stereocenters. The Hall–Kier alpha value is -1.62. The van der Waals surface area contributed by atoms with Crippen LogP contribution in [0.5, 0.6) is 6.01 Å². The summed E-state index contributed by atoms with van der Waals surface area (Å²) >= 11 is 0. The second-order valence-corrected chi connectivity index (χ2v) is 3.20. The van der Waals surface area contributed by atoms with Crippen molar-refractivity contribution in [3.8, 4) is 6.01 Å². The van der Waals surface area contributed by atoms with Gasteiger partial charge in [-0.15, -0.1) is 0 Å². The highest BCUT2D eigenvalue weighted by molar-refractivity contribution is 4.93. The maximum absolute atomic E-state index is 9.80. The zero-order valence-electron chi connectivity index (χ0n) is 9.58. The number of hydrogen-bond donors (Lipinski definition) is 1. The number of rotatable bonds is 6. The van der Waals surface area contributed by atoms with E-state index in [0.717, 1.165) is 6.42 Å². The summed E-state index contributed by atoms with van der Waals surface area (Å²) in [5.74, 6) is 0. The lowest BCUT2D eigenvalue weighted by Gasteiger charge is -2.24. The van der Waals surface area contributed by atoms with Crippen LogP contribution in [0.4, 0.5) is 0 Å². The first-order valence-corrected chi connectivity index (χ1v) is 5.28. The zero-order valence-corrected chi connectivity index (χ0v) is 9.58. The average Bonchev–Trinajstić information content (AvgIpc) is 2.30. The van der Waals surface area contributed by atoms with Gasteiger partial charge in [0, 0.05) is 25.1 Å². The van der Waals surface area contributed by atoms with Crippen LogP contribution < -0.4 is 4.74 Å². The third-order valence-electron chi connectivity index (χ3n) is 1.86. The van der Waals surface area contributed by atoms with Crippen molar-refractivity contribution >= 4 is 0 Å². The Morgan fingerprint density at radius 3 is 2.75 bits per heavy atom. The van der Waals surface area contributed by atoms with Crippen molar-refractivity contribution in [2.75, 3.05) is 6.54 Å². The molecule has 0 radical (unpaired) electrons. The first-order chi connectivity index (χ1) is 7.77. The van der Waals surface area contributed by atoms with Crippen LogP contribution in [0, 0.1) is 0 Å². The lowest BCUT2D eigenvalue weighted by Crippen LogP contribution is -2.36. The monoisotopic (exact) mass is 223 g/mol. The van der Waals surface area contributed by atoms with Crippen molar-refractivity contribution in [2.45, 2.75) is 26.7 Å². The van der Waals surface area contributed by atoms with Gasteiger partial charge in [-0.1, -0.05) is 13.0 Å². The quantitative estimate of drug-likeness (QED) is 0.738. The Balaban J connectivity index is 2.58. The van der Waals surface area contributed by atoms with Crippen LogP contribution in [0.3, 0.4) is 0 Å². The molecule has 88 valence electrons. The molecule has 5 heteroatoms. The molecule has 1 aromatic heterocycles. The summed E-state index contributed by atoms with van der Waals surface area (Å²) in [6.45, 7) is 4.62. The van der Waals surface area contributed by atoms with Gasteiger partial charge in [0.2, 0.25) is 0 Å². The smallest absolute Gasteiger partial charge is 0.320 e. The van der Waals surface area contributed by atoms with Gasteiger partial charge in [-0.05, 0) is 19.4 Å². The molecule has 0 saturated heterocycles. The molecule has 1 N–H and O–H groups in total. The molecule has 0 saturated carbocycles. The third-order valence-corrected chi connectivity index (χ3v) is 1.86. The summed E-state index contributed by atoms with van der Waals surface area (Å²) in [5, 5.41) is 9.80. The Labute approximate surface area is 95.4 Å². The van der Waals surface area contributed by atoms with Crippen molar-refractivity contribution in [1.82, 2.24) is 14.9 Å². The second kappa shape index (κ2) is 6.79. The summed E-state index contributed by atoms with van der Waals surface area (Å²) in [7, 11) is 0. The largest absolute Gasteiger partial charge is 0.414 e. The highest BCUT2D eigenvalue weighted by Gasteiger charge is 2.13. The summed E-state index contributed by atoms with van der Waals surface area (Å²) in [4.78, 5) is 9.43. The van der Waals surface area contributed by atoms with Gasteiger partial charge in [0.25, 0.3) is 6.41 Å². The van der Waals surface area contributed by atoms with Crippen molar-refractivity contribution in [1.29, 1.82) is 0 Å². The van der Waals surface area contributed by atoms with Crippen molar-refractivity contribution in [2.24, 2.45) is 0 Å². The molecule has 1 unspecified atom stereocenters. The molecule has 16 heavy (non-hydrogen) atoms. The van der Waals surface area contributed by atoms with E-state index < -0.39 is 6.41 Å². The molecule has 0 aromatic carbocycles. The fourth-order valence-electron chi connectivity index (χ4n) is 1.22. The predicted octanol–water partition coefficient (Wildman–Crippen LogP) is 1.38. The summed E-state index contributed by atoms with van der Waals surface area (Å²) in [5.41, 5.74) is 0. The van der Waals surface area contributed by atoms with E-state index in [2.05, 4.69) is 9.97 Å². The number of ether oxygens (including phenoxy) is 1. The molecule has 0 fully saturated rings. The summed E-state index contributed by atoms with van der Waals surface area (Å²) in [6.07, 6.45) is 6.61. The maximum Gasteiger partial charge on any atom is 0.320 e. The molecule has 1 heterocycles. The van der Waals surface area contributed by atoms with E-state index in [0.29, 0.717) is 6.54 Å². The highest BCUT2D eigenvalue weighted by atomic mass is 16.6. The number of hydrogen-bond acceptors (Lipinski definition) is 5. The zero-order chi connectivity index (χ0) is 11.8. The van der Waals surface area contributed by atoms with Crippen LogP contribution in [0.2, 0.25) is 0 Å². The Kier molecular flexibility index (Phi) is 5.28. The molecule has 0 aliphatic heterocycles. The minimum absolute atomic E-state index is 0.167. The van der Waals surface area contributed by atoms with Crippen LogP contribution in [-0.4, -0.2) is 32.9 Å². The number of nitrogens with zero attached hydrogens (tertiary/aromatic N) is 3. The van der Waals surface area contributed by atoms with Gasteiger partial charge >= 0.3 is 6.01 Å². The van der Waals surface area contributed by atoms with Crippen molar-refractivity contribution in [3.63, 3.8) is 0 Å². The first kappa shape index (κ1) is 12.4. The van der Waals surface area contributed by atoms with Gasteiger partial charge in [0.05, 0.1) is 0 Å². The molecule has 0 amide bonds. The van der Waals surface area contributed by atoms with Gasteiger partial charge in [0.1, 0.15) is 0 Å². The van der Waals surface area contributed by atoms with Crippen molar-refractivity contribution < 1.29 is 9.84 Å². The molecule has 1 rings (SSSR count). The lowest BCUT2D eigenvalue weighted by molar-refractivity contribution is -0.119. The summed E-state index contributed by atoms with van der Waals surface area (Å²) < 4.78 is 5.19. The molecule has 0 bridgehead atoms. The van der Waals surface area contributed by atoms with E-state index in [9.17, 15) is 5.11 Å². The van der Waals surface area contributed by atoms with Gasteiger partial charge in [-0.2, -0.15) is 0 Å². The van der Waals surface area contributed by atoms with E-state index in [1.165, 1.54) is 0 Å². The minimum atomic E-state index is -1.06. The summed E-state index contributed by atoms with van der Waals surface area (Å²) in [6, 6.07) is 1.86. The molecule has 1 aromatic rings. The fraction of sp³-hybridized carbons (Fsp3) is 0.455. The molecular formula is C11H17N3O2. The Morgan fingerprint density at radius 1 is 1.50 bits per heavy atom. The average molecular weight is 223 g/mol. The van der Waals surface area contributed by atoms with Gasteiger partial charge in [0.15, 0.2) is 0 Å². The SMILES string of the molecule is C/C=C\N(CCC)C(O)Oc1ncccn1. The van der Waals surface area contributed by atoms with Crippen molar-refractivity contribution in [3.05, 3.63) is 30.7 Å². The molecule has 5 nitrogen and oxygen atoms in total. The normalized spacial score (nSPS) is 12.7. The van der Waals surface area contributed by atoms with E-state index >= 15 is 0 Å². The molecule has 0 aliphatic rings. The number of aliphatic hydroxyl groups is 1. The topological polar surface area (TPSA) is 58.5 Å². The molecular weight excluding hydrogens is 206 g/mol. The number of aromatic nitrogens is 2. The fourth-order valence-corrected chi connectivity index (χ4v) is 1.22. The predicted molar refractivity (Wildman–Crippen MR) is 60.5 cm³/mol.